The zero-order chi connectivity index (χ0) is 14.4. The van der Waals surface area contributed by atoms with Crippen LogP contribution in [0.15, 0.2) is 0 Å². The number of nitrogens with two attached hydrogens (primary N) is 1. The van der Waals surface area contributed by atoms with Crippen LogP contribution in [0.25, 0.3) is 0 Å². The molecule has 0 aromatic carbocycles. The largest absolute Gasteiger partial charge is 0.393 e. The molecule has 1 amide bonds. The smallest absolute Gasteiger partial charge is 0.223 e. The maximum atomic E-state index is 12.0. The number of hydrogen-bond donors (Lipinski definition) is 1. The van der Waals surface area contributed by atoms with Crippen LogP contribution >= 0.6 is 12.2 Å². The van der Waals surface area contributed by atoms with Crippen molar-refractivity contribution in [2.24, 2.45) is 11.7 Å². The van der Waals surface area contributed by atoms with Gasteiger partial charge in [-0.2, -0.15) is 0 Å². The van der Waals surface area contributed by atoms with Gasteiger partial charge in [0.05, 0.1) is 4.99 Å². The van der Waals surface area contributed by atoms with Crippen LogP contribution < -0.4 is 5.73 Å². The summed E-state index contributed by atoms with van der Waals surface area (Å²) in [5.41, 5.74) is 5.45. The molecule has 0 aromatic rings. The zero-order valence-electron chi connectivity index (χ0n) is 12.4. The van der Waals surface area contributed by atoms with Crippen LogP contribution in [0.1, 0.15) is 39.5 Å². The van der Waals surface area contributed by atoms with Gasteiger partial charge in [0.15, 0.2) is 0 Å². The van der Waals surface area contributed by atoms with Crippen LogP contribution in [0.2, 0.25) is 0 Å². The second kappa shape index (κ2) is 7.80. The minimum atomic E-state index is 0.186. The summed E-state index contributed by atoms with van der Waals surface area (Å²) in [6, 6.07) is 0.648. The fourth-order valence-electron chi connectivity index (χ4n) is 2.72. The minimum Gasteiger partial charge on any atom is -0.393 e. The van der Waals surface area contributed by atoms with E-state index >= 15 is 0 Å². The van der Waals surface area contributed by atoms with E-state index in [4.69, 9.17) is 18.0 Å². The maximum Gasteiger partial charge on any atom is 0.223 e. The summed E-state index contributed by atoms with van der Waals surface area (Å²) in [5.74, 6) is 0.857. The van der Waals surface area contributed by atoms with E-state index in [0.29, 0.717) is 36.3 Å². The quantitative estimate of drug-likeness (QED) is 0.722. The van der Waals surface area contributed by atoms with Crippen LogP contribution in [0.5, 0.6) is 0 Å². The predicted molar refractivity (Wildman–Crippen MR) is 83.1 cm³/mol. The number of nitrogens with zero attached hydrogens (tertiary/aromatic N) is 2. The first-order valence-corrected chi connectivity index (χ1v) is 7.59. The Morgan fingerprint density at radius 3 is 2.74 bits per heavy atom. The van der Waals surface area contributed by atoms with Crippen molar-refractivity contribution in [3.8, 4) is 0 Å². The molecule has 2 N–H and O–H groups in total. The highest BCUT2D eigenvalue weighted by molar-refractivity contribution is 7.80. The molecule has 1 heterocycles. The topological polar surface area (TPSA) is 49.6 Å². The highest BCUT2D eigenvalue weighted by Crippen LogP contribution is 2.23. The van der Waals surface area contributed by atoms with Crippen molar-refractivity contribution in [1.29, 1.82) is 0 Å². The van der Waals surface area contributed by atoms with Gasteiger partial charge in [0.2, 0.25) is 5.91 Å². The Labute approximate surface area is 122 Å². The Morgan fingerprint density at radius 2 is 2.16 bits per heavy atom. The summed E-state index contributed by atoms with van der Waals surface area (Å²) in [6.45, 7) is 7.16. The van der Waals surface area contributed by atoms with Crippen LogP contribution in [-0.4, -0.2) is 53.4 Å². The molecule has 1 fully saturated rings. The lowest BCUT2D eigenvalue weighted by atomic mass is 10.0. The van der Waals surface area contributed by atoms with Gasteiger partial charge < -0.3 is 10.6 Å². The number of rotatable bonds is 7. The molecule has 1 atom stereocenters. The molecule has 0 saturated carbocycles. The molecule has 1 aliphatic rings. The lowest BCUT2D eigenvalue weighted by Crippen LogP contribution is -2.37. The first-order chi connectivity index (χ1) is 8.91. The molecule has 1 saturated heterocycles. The van der Waals surface area contributed by atoms with Gasteiger partial charge in [-0.15, -0.1) is 0 Å². The van der Waals surface area contributed by atoms with Gasteiger partial charge in [-0.1, -0.05) is 26.1 Å². The van der Waals surface area contributed by atoms with Gasteiger partial charge in [0.1, 0.15) is 0 Å². The number of thiocarbonyl (C=S) groups is 1. The first-order valence-electron chi connectivity index (χ1n) is 7.18. The normalized spacial score (nSPS) is 19.9. The zero-order valence-corrected chi connectivity index (χ0v) is 13.2. The molecular formula is C14H27N3OS. The van der Waals surface area contributed by atoms with Crippen molar-refractivity contribution >= 4 is 23.1 Å². The van der Waals surface area contributed by atoms with E-state index in [9.17, 15) is 4.79 Å². The summed E-state index contributed by atoms with van der Waals surface area (Å²) in [4.78, 5) is 16.7. The maximum absolute atomic E-state index is 12.0. The summed E-state index contributed by atoms with van der Waals surface area (Å²) in [7, 11) is 1.82. The number of amides is 1. The third-order valence-electron chi connectivity index (χ3n) is 3.92. The molecule has 110 valence electrons. The molecule has 4 nitrogen and oxygen atoms in total. The molecule has 1 rings (SSSR count). The van der Waals surface area contributed by atoms with Crippen molar-refractivity contribution in [1.82, 2.24) is 9.80 Å². The Bertz CT molecular complexity index is 320. The summed E-state index contributed by atoms with van der Waals surface area (Å²) in [6.07, 6.45) is 3.73. The van der Waals surface area contributed by atoms with Gasteiger partial charge in [-0.25, -0.2) is 0 Å². The van der Waals surface area contributed by atoms with Gasteiger partial charge in [0, 0.05) is 39.0 Å². The SMILES string of the molecule is CC(C)C1CCCN1CCC(=O)N(C)CCC(N)=S. The highest BCUT2D eigenvalue weighted by Gasteiger charge is 2.27. The van der Waals surface area contributed by atoms with Crippen LogP contribution in [0, 0.1) is 5.92 Å². The molecule has 19 heavy (non-hydrogen) atoms. The minimum absolute atomic E-state index is 0.186. The Balaban J connectivity index is 2.31. The lowest BCUT2D eigenvalue weighted by molar-refractivity contribution is -0.130. The lowest BCUT2D eigenvalue weighted by Gasteiger charge is -2.28. The van der Waals surface area contributed by atoms with Crippen LogP contribution in [-0.2, 0) is 4.79 Å². The average Bonchev–Trinajstić information content (AvgIpc) is 2.81. The second-order valence-corrected chi connectivity index (χ2v) is 6.30. The Kier molecular flexibility index (Phi) is 6.72. The van der Waals surface area contributed by atoms with Gasteiger partial charge >= 0.3 is 0 Å². The highest BCUT2D eigenvalue weighted by atomic mass is 32.1. The second-order valence-electron chi connectivity index (χ2n) is 5.77. The monoisotopic (exact) mass is 285 g/mol. The third kappa shape index (κ3) is 5.45. The predicted octanol–water partition coefficient (Wildman–Crippen LogP) is 1.63. The first kappa shape index (κ1) is 16.4. The summed E-state index contributed by atoms with van der Waals surface area (Å²) in [5, 5.41) is 0. The summed E-state index contributed by atoms with van der Waals surface area (Å²) >= 11 is 4.83. The standard InChI is InChI=1S/C14H27N3OS/c1-11(2)12-5-4-8-17(12)10-7-14(18)16(3)9-6-13(15)19/h11-12H,4-10H2,1-3H3,(H2,15,19). The van der Waals surface area contributed by atoms with E-state index < -0.39 is 0 Å². The molecule has 0 spiro atoms. The number of likely N-dealkylation sites (tertiary alicyclic amines) is 1. The fourth-order valence-corrected chi connectivity index (χ4v) is 2.81. The van der Waals surface area contributed by atoms with Crippen molar-refractivity contribution in [2.45, 2.75) is 45.6 Å². The van der Waals surface area contributed by atoms with Crippen LogP contribution in [0.3, 0.4) is 0 Å². The van der Waals surface area contributed by atoms with E-state index in [1.807, 2.05) is 7.05 Å². The molecule has 1 unspecified atom stereocenters. The number of carbonyl (C=O) groups is 1. The van der Waals surface area contributed by atoms with E-state index in [-0.39, 0.29) is 5.91 Å². The molecule has 1 aliphatic heterocycles. The van der Waals surface area contributed by atoms with E-state index in [1.54, 1.807) is 4.90 Å². The van der Waals surface area contributed by atoms with Crippen molar-refractivity contribution in [3.63, 3.8) is 0 Å². The molecule has 0 aliphatic carbocycles. The van der Waals surface area contributed by atoms with Crippen molar-refractivity contribution < 1.29 is 4.79 Å². The van der Waals surface area contributed by atoms with Crippen molar-refractivity contribution in [2.75, 3.05) is 26.7 Å². The molecule has 0 bridgehead atoms. The van der Waals surface area contributed by atoms with Gasteiger partial charge in [-0.05, 0) is 25.3 Å². The van der Waals surface area contributed by atoms with Gasteiger partial charge in [0.25, 0.3) is 0 Å². The Morgan fingerprint density at radius 1 is 1.47 bits per heavy atom. The molecular weight excluding hydrogens is 258 g/mol. The molecule has 5 heteroatoms. The number of hydrogen-bond acceptors (Lipinski definition) is 3. The van der Waals surface area contributed by atoms with E-state index in [0.717, 1.165) is 13.1 Å². The number of carbonyl (C=O) groups excluding carboxylic acids is 1. The van der Waals surface area contributed by atoms with E-state index in [1.165, 1.54) is 12.8 Å². The van der Waals surface area contributed by atoms with Crippen LogP contribution in [0.4, 0.5) is 0 Å². The van der Waals surface area contributed by atoms with E-state index in [2.05, 4.69) is 18.7 Å². The average molecular weight is 285 g/mol. The third-order valence-corrected chi connectivity index (χ3v) is 4.12. The van der Waals surface area contributed by atoms with Gasteiger partial charge in [-0.3, -0.25) is 9.69 Å². The Hall–Kier alpha value is -0.680. The molecule has 0 radical (unpaired) electrons. The summed E-state index contributed by atoms with van der Waals surface area (Å²) < 4.78 is 0. The fraction of sp³-hybridized carbons (Fsp3) is 0.857. The van der Waals surface area contributed by atoms with Crippen molar-refractivity contribution in [3.05, 3.63) is 0 Å². The molecule has 0 aromatic heterocycles.